The fourth-order valence-corrected chi connectivity index (χ4v) is 7.88. The van der Waals surface area contributed by atoms with Crippen LogP contribution in [0, 0.1) is 34.0 Å². The molecule has 0 saturated heterocycles. The maximum atomic E-state index is 12.7. The predicted molar refractivity (Wildman–Crippen MR) is 95.0 cm³/mol. The maximum Gasteiger partial charge on any atom is 0.161 e. The number of allylic oxidation sites excluding steroid dienone is 2. The summed E-state index contributed by atoms with van der Waals surface area (Å²) in [6.45, 7) is 13.0. The number of rotatable bonds is 2. The van der Waals surface area contributed by atoms with E-state index < -0.39 is 0 Å². The monoisotopic (exact) mass is 312 g/mol. The SMILES string of the molecule is C=CC(=O)[C@]1(C)CCC[C@@]2(C)C3CC[C@@H]4C[C@@]3(CCC21)CC4=C. The first-order chi connectivity index (χ1) is 10.9. The summed E-state index contributed by atoms with van der Waals surface area (Å²) in [4.78, 5) is 12.7. The van der Waals surface area contributed by atoms with Gasteiger partial charge in [0, 0.05) is 5.41 Å². The van der Waals surface area contributed by atoms with Gasteiger partial charge in [0.15, 0.2) is 5.78 Å². The number of fused-ring (bicyclic) bond motifs is 3. The first-order valence-corrected chi connectivity index (χ1v) is 9.70. The van der Waals surface area contributed by atoms with Gasteiger partial charge in [-0.15, -0.1) is 0 Å². The van der Waals surface area contributed by atoms with Crippen LogP contribution >= 0.6 is 0 Å². The lowest BCUT2D eigenvalue weighted by atomic mass is 9.40. The third kappa shape index (κ3) is 1.88. The van der Waals surface area contributed by atoms with E-state index in [0.29, 0.717) is 22.5 Å². The van der Waals surface area contributed by atoms with Crippen LogP contribution in [0.4, 0.5) is 0 Å². The Morgan fingerprint density at radius 1 is 1.13 bits per heavy atom. The Balaban J connectivity index is 1.74. The highest BCUT2D eigenvalue weighted by Gasteiger charge is 2.64. The fourth-order valence-electron chi connectivity index (χ4n) is 7.88. The van der Waals surface area contributed by atoms with Gasteiger partial charge in [0.05, 0.1) is 0 Å². The van der Waals surface area contributed by atoms with E-state index in [1.54, 1.807) is 6.08 Å². The Morgan fingerprint density at radius 2 is 1.91 bits per heavy atom. The molecule has 4 fully saturated rings. The highest BCUT2D eigenvalue weighted by Crippen LogP contribution is 2.72. The number of ketones is 1. The third-order valence-electron chi connectivity index (χ3n) is 8.80. The van der Waals surface area contributed by atoms with E-state index in [1.807, 2.05) is 0 Å². The molecule has 2 unspecified atom stereocenters. The zero-order chi connectivity index (χ0) is 16.5. The molecule has 1 heteroatoms. The zero-order valence-corrected chi connectivity index (χ0v) is 15.0. The summed E-state index contributed by atoms with van der Waals surface area (Å²) >= 11 is 0. The Labute approximate surface area is 141 Å². The van der Waals surface area contributed by atoms with Crippen LogP contribution in [0.2, 0.25) is 0 Å². The first kappa shape index (κ1) is 15.7. The van der Waals surface area contributed by atoms with Crippen LogP contribution < -0.4 is 0 Å². The largest absolute Gasteiger partial charge is 0.294 e. The molecule has 23 heavy (non-hydrogen) atoms. The van der Waals surface area contributed by atoms with Gasteiger partial charge in [0.25, 0.3) is 0 Å². The van der Waals surface area contributed by atoms with Crippen LogP contribution in [-0.4, -0.2) is 5.78 Å². The van der Waals surface area contributed by atoms with Crippen LogP contribution in [0.3, 0.4) is 0 Å². The van der Waals surface area contributed by atoms with Crippen molar-refractivity contribution in [1.82, 2.24) is 0 Å². The van der Waals surface area contributed by atoms with Crippen molar-refractivity contribution in [3.05, 3.63) is 24.8 Å². The summed E-state index contributed by atoms with van der Waals surface area (Å²) in [5.41, 5.74) is 2.25. The van der Waals surface area contributed by atoms with Gasteiger partial charge in [-0.25, -0.2) is 0 Å². The average Bonchev–Trinajstić information content (AvgIpc) is 2.75. The van der Waals surface area contributed by atoms with Gasteiger partial charge in [0.1, 0.15) is 0 Å². The van der Waals surface area contributed by atoms with Gasteiger partial charge in [-0.05, 0) is 86.0 Å². The first-order valence-electron chi connectivity index (χ1n) is 9.70. The van der Waals surface area contributed by atoms with E-state index in [2.05, 4.69) is 27.0 Å². The van der Waals surface area contributed by atoms with Gasteiger partial charge in [-0.3, -0.25) is 4.79 Å². The predicted octanol–water partition coefficient (Wildman–Crippen LogP) is 5.71. The molecule has 0 N–H and O–H groups in total. The van der Waals surface area contributed by atoms with Gasteiger partial charge >= 0.3 is 0 Å². The molecule has 0 aliphatic heterocycles. The van der Waals surface area contributed by atoms with E-state index in [9.17, 15) is 4.79 Å². The van der Waals surface area contributed by atoms with E-state index in [1.165, 1.54) is 56.9 Å². The van der Waals surface area contributed by atoms with Crippen molar-refractivity contribution in [1.29, 1.82) is 0 Å². The zero-order valence-electron chi connectivity index (χ0n) is 15.0. The van der Waals surface area contributed by atoms with Gasteiger partial charge in [-0.1, -0.05) is 39.0 Å². The van der Waals surface area contributed by atoms with Crippen molar-refractivity contribution in [3.63, 3.8) is 0 Å². The number of hydrogen-bond acceptors (Lipinski definition) is 1. The molecule has 1 spiro atoms. The van der Waals surface area contributed by atoms with Crippen molar-refractivity contribution < 1.29 is 4.79 Å². The number of hydrogen-bond donors (Lipinski definition) is 0. The Bertz CT molecular complexity index is 575. The standard InChI is InChI=1S/C22H32O/c1-5-19(23)21(4)11-6-10-20(3)17(21)9-12-22-13-15(2)16(14-22)7-8-18(20)22/h5,16-18H,1-2,6-14H2,3-4H3/t16-,17?,18?,20-,21-,22-/m1/s1. The second-order valence-corrected chi connectivity index (χ2v) is 9.66. The molecule has 6 atom stereocenters. The summed E-state index contributed by atoms with van der Waals surface area (Å²) < 4.78 is 0. The molecule has 0 aromatic rings. The highest BCUT2D eigenvalue weighted by molar-refractivity contribution is 5.94. The van der Waals surface area contributed by atoms with Crippen molar-refractivity contribution in [2.75, 3.05) is 0 Å². The quantitative estimate of drug-likeness (QED) is 0.471. The molecule has 0 radical (unpaired) electrons. The third-order valence-corrected chi connectivity index (χ3v) is 8.80. The maximum absolute atomic E-state index is 12.7. The fraction of sp³-hybridized carbons (Fsp3) is 0.773. The molecule has 4 rings (SSSR count). The Kier molecular flexibility index (Phi) is 3.29. The Morgan fingerprint density at radius 3 is 2.65 bits per heavy atom. The topological polar surface area (TPSA) is 17.1 Å². The molecule has 4 aliphatic carbocycles. The number of carbonyl (C=O) groups is 1. The van der Waals surface area contributed by atoms with Crippen LogP contribution in [0.1, 0.15) is 71.6 Å². The number of carbonyl (C=O) groups excluding carboxylic acids is 1. The van der Waals surface area contributed by atoms with E-state index >= 15 is 0 Å². The summed E-state index contributed by atoms with van der Waals surface area (Å²) in [5, 5.41) is 0. The summed E-state index contributed by atoms with van der Waals surface area (Å²) in [6.07, 6.45) is 13.1. The molecule has 0 heterocycles. The second-order valence-electron chi connectivity index (χ2n) is 9.66. The molecular weight excluding hydrogens is 280 g/mol. The van der Waals surface area contributed by atoms with Gasteiger partial charge in [-0.2, -0.15) is 0 Å². The molecule has 0 aromatic heterocycles. The summed E-state index contributed by atoms with van der Waals surface area (Å²) in [5.74, 6) is 2.46. The molecule has 2 bridgehead atoms. The molecule has 126 valence electrons. The molecular formula is C22H32O. The normalized spacial score (nSPS) is 51.7. The summed E-state index contributed by atoms with van der Waals surface area (Å²) in [7, 11) is 0. The van der Waals surface area contributed by atoms with Gasteiger partial charge < -0.3 is 0 Å². The van der Waals surface area contributed by atoms with Crippen LogP contribution in [0.15, 0.2) is 24.8 Å². The smallest absolute Gasteiger partial charge is 0.161 e. The van der Waals surface area contributed by atoms with Crippen molar-refractivity contribution in [2.45, 2.75) is 71.6 Å². The lowest BCUT2D eigenvalue weighted by Crippen LogP contribution is -2.58. The Hall–Kier alpha value is -0.850. The van der Waals surface area contributed by atoms with Gasteiger partial charge in [0.2, 0.25) is 0 Å². The minimum atomic E-state index is -0.164. The molecule has 4 saturated carbocycles. The van der Waals surface area contributed by atoms with Crippen LogP contribution in [-0.2, 0) is 4.79 Å². The van der Waals surface area contributed by atoms with Crippen molar-refractivity contribution in [3.8, 4) is 0 Å². The molecule has 0 amide bonds. The highest BCUT2D eigenvalue weighted by atomic mass is 16.1. The van der Waals surface area contributed by atoms with Crippen molar-refractivity contribution in [2.24, 2.45) is 34.0 Å². The average molecular weight is 312 g/mol. The minimum Gasteiger partial charge on any atom is -0.294 e. The van der Waals surface area contributed by atoms with E-state index in [0.717, 1.165) is 18.3 Å². The van der Waals surface area contributed by atoms with Crippen LogP contribution in [0.25, 0.3) is 0 Å². The summed E-state index contributed by atoms with van der Waals surface area (Å²) in [6, 6.07) is 0. The van der Waals surface area contributed by atoms with Crippen LogP contribution in [0.5, 0.6) is 0 Å². The molecule has 0 aromatic carbocycles. The lowest BCUT2D eigenvalue weighted by Gasteiger charge is -2.63. The molecule has 1 nitrogen and oxygen atoms in total. The lowest BCUT2D eigenvalue weighted by molar-refractivity contribution is -0.162. The van der Waals surface area contributed by atoms with Crippen molar-refractivity contribution >= 4 is 5.78 Å². The minimum absolute atomic E-state index is 0.164. The second kappa shape index (κ2) is 4.83. The van der Waals surface area contributed by atoms with E-state index in [4.69, 9.17) is 0 Å². The van der Waals surface area contributed by atoms with E-state index in [-0.39, 0.29) is 5.41 Å². The molecule has 4 aliphatic rings.